The lowest BCUT2D eigenvalue weighted by atomic mass is 9.71. The van der Waals surface area contributed by atoms with Crippen LogP contribution in [0.2, 0.25) is 0 Å². The quantitative estimate of drug-likeness (QED) is 0.331. The first-order chi connectivity index (χ1) is 19.0. The van der Waals surface area contributed by atoms with Gasteiger partial charge in [-0.15, -0.1) is 0 Å². The zero-order valence-corrected chi connectivity index (χ0v) is 23.4. The van der Waals surface area contributed by atoms with Crippen LogP contribution >= 0.6 is 0 Å². The molecular formula is C33H39NO5. The van der Waals surface area contributed by atoms with E-state index in [0.29, 0.717) is 44.2 Å². The number of Topliss-reactive ketones (excluding diaryl/α,β-unsaturated/α-hetero) is 2. The van der Waals surface area contributed by atoms with Gasteiger partial charge in [0.05, 0.1) is 6.61 Å². The van der Waals surface area contributed by atoms with Crippen molar-refractivity contribution < 1.29 is 23.8 Å². The van der Waals surface area contributed by atoms with E-state index in [2.05, 4.69) is 36.1 Å². The Balaban J connectivity index is 1.54. The van der Waals surface area contributed by atoms with E-state index in [-0.39, 0.29) is 17.5 Å². The third-order valence-corrected chi connectivity index (χ3v) is 7.93. The lowest BCUT2D eigenvalue weighted by molar-refractivity contribution is -0.117. The first-order valence-corrected chi connectivity index (χ1v) is 14.3. The van der Waals surface area contributed by atoms with Gasteiger partial charge in [0.2, 0.25) is 0 Å². The maximum absolute atomic E-state index is 13.5. The fourth-order valence-corrected chi connectivity index (χ4v) is 6.12. The molecule has 0 N–H and O–H groups in total. The molecule has 1 aliphatic heterocycles. The van der Waals surface area contributed by atoms with Crippen LogP contribution in [0.15, 0.2) is 65.0 Å². The predicted molar refractivity (Wildman–Crippen MR) is 151 cm³/mol. The Labute approximate surface area is 231 Å². The summed E-state index contributed by atoms with van der Waals surface area (Å²) in [5.74, 6) is 1.24. The zero-order chi connectivity index (χ0) is 27.4. The maximum atomic E-state index is 13.5. The van der Waals surface area contributed by atoms with Gasteiger partial charge in [-0.05, 0) is 69.2 Å². The summed E-state index contributed by atoms with van der Waals surface area (Å²) in [7, 11) is 1.71. The van der Waals surface area contributed by atoms with Crippen molar-refractivity contribution in [3.8, 4) is 11.5 Å². The van der Waals surface area contributed by atoms with Crippen LogP contribution in [0.1, 0.15) is 74.5 Å². The minimum atomic E-state index is -0.361. The second kappa shape index (κ2) is 12.2. The molecule has 2 aliphatic carbocycles. The summed E-state index contributed by atoms with van der Waals surface area (Å²) in [6, 6.07) is 14.2. The van der Waals surface area contributed by atoms with Crippen LogP contribution < -0.4 is 9.47 Å². The van der Waals surface area contributed by atoms with Gasteiger partial charge in [-0.3, -0.25) is 9.59 Å². The van der Waals surface area contributed by atoms with Gasteiger partial charge < -0.3 is 19.1 Å². The summed E-state index contributed by atoms with van der Waals surface area (Å²) >= 11 is 0. The predicted octanol–water partition coefficient (Wildman–Crippen LogP) is 6.42. The van der Waals surface area contributed by atoms with E-state index in [1.165, 1.54) is 5.56 Å². The van der Waals surface area contributed by atoms with Crippen LogP contribution in [0, 0.1) is 6.92 Å². The van der Waals surface area contributed by atoms with E-state index in [9.17, 15) is 9.59 Å². The summed E-state index contributed by atoms with van der Waals surface area (Å²) in [5.41, 5.74) is 6.99. The third-order valence-electron chi connectivity index (χ3n) is 7.93. The van der Waals surface area contributed by atoms with Crippen molar-refractivity contribution in [3.05, 3.63) is 81.7 Å². The molecule has 0 atom stereocenters. The fourth-order valence-electron chi connectivity index (χ4n) is 6.12. The lowest BCUT2D eigenvalue weighted by Gasteiger charge is -2.44. The number of methoxy groups -OCH3 is 1. The molecule has 206 valence electrons. The first kappa shape index (κ1) is 27.2. The van der Waals surface area contributed by atoms with Crippen LogP contribution in [0.3, 0.4) is 0 Å². The van der Waals surface area contributed by atoms with Crippen molar-refractivity contribution in [2.45, 2.75) is 71.3 Å². The molecule has 5 rings (SSSR count). The number of benzene rings is 2. The number of ether oxygens (including phenoxy) is 3. The summed E-state index contributed by atoms with van der Waals surface area (Å²) in [6.45, 7) is 6.34. The summed E-state index contributed by atoms with van der Waals surface area (Å²) in [5, 5.41) is 0. The SMILES string of the molecule is CCOc1cc(C2C3=C(CCCC3=O)N(CCCOC)C3=C2C(=O)CCC3)ccc1OCc1ccc(C)cc1. The Morgan fingerprint density at radius 1 is 0.846 bits per heavy atom. The van der Waals surface area contributed by atoms with Gasteiger partial charge in [-0.1, -0.05) is 35.9 Å². The molecule has 3 aliphatic rings. The highest BCUT2D eigenvalue weighted by molar-refractivity contribution is 6.06. The fraction of sp³-hybridized carbons (Fsp3) is 0.455. The number of nitrogens with zero attached hydrogens (tertiary/aromatic N) is 1. The highest BCUT2D eigenvalue weighted by atomic mass is 16.5. The molecule has 1 heterocycles. The van der Waals surface area contributed by atoms with Crippen molar-refractivity contribution in [2.24, 2.45) is 0 Å². The molecule has 0 saturated heterocycles. The van der Waals surface area contributed by atoms with E-state index in [1.807, 2.05) is 25.1 Å². The van der Waals surface area contributed by atoms with Gasteiger partial charge >= 0.3 is 0 Å². The van der Waals surface area contributed by atoms with Gasteiger partial charge in [0.1, 0.15) is 6.61 Å². The lowest BCUT2D eigenvalue weighted by Crippen LogP contribution is -2.39. The second-order valence-electron chi connectivity index (χ2n) is 10.6. The monoisotopic (exact) mass is 529 g/mol. The Kier molecular flexibility index (Phi) is 8.51. The van der Waals surface area contributed by atoms with Crippen LogP contribution in [0.5, 0.6) is 11.5 Å². The summed E-state index contributed by atoms with van der Waals surface area (Å²) in [4.78, 5) is 29.4. The topological polar surface area (TPSA) is 65.1 Å². The summed E-state index contributed by atoms with van der Waals surface area (Å²) < 4.78 is 17.5. The van der Waals surface area contributed by atoms with Crippen molar-refractivity contribution in [3.63, 3.8) is 0 Å². The molecule has 0 fully saturated rings. The molecule has 2 aromatic carbocycles. The van der Waals surface area contributed by atoms with Crippen LogP contribution in [-0.2, 0) is 20.9 Å². The minimum absolute atomic E-state index is 0.153. The van der Waals surface area contributed by atoms with Crippen molar-refractivity contribution >= 4 is 11.6 Å². The molecule has 0 spiro atoms. The Morgan fingerprint density at radius 2 is 1.51 bits per heavy atom. The molecule has 2 aromatic rings. The van der Waals surface area contributed by atoms with E-state index in [1.54, 1.807) is 7.11 Å². The van der Waals surface area contributed by atoms with E-state index in [4.69, 9.17) is 14.2 Å². The smallest absolute Gasteiger partial charge is 0.161 e. The molecule has 6 nitrogen and oxygen atoms in total. The molecule has 39 heavy (non-hydrogen) atoms. The molecule has 0 radical (unpaired) electrons. The number of aryl methyl sites for hydroxylation is 1. The van der Waals surface area contributed by atoms with E-state index >= 15 is 0 Å². The van der Waals surface area contributed by atoms with Crippen molar-refractivity contribution in [2.75, 3.05) is 26.9 Å². The standard InChI is InChI=1S/C33H39NO5/c1-4-38-30-20-24(16-17-29(30)39-21-23-14-12-22(2)13-15-23)31-32-25(8-5-10-27(32)35)34(18-7-19-37-3)26-9-6-11-28(36)33(26)31/h12-17,20,31H,4-11,18-19,21H2,1-3H3. The Morgan fingerprint density at radius 3 is 2.13 bits per heavy atom. The van der Waals surface area contributed by atoms with E-state index < -0.39 is 0 Å². The van der Waals surface area contributed by atoms with Crippen LogP contribution in [-0.4, -0.2) is 43.3 Å². The normalized spacial score (nSPS) is 17.9. The number of carbonyl (C=O) groups excluding carboxylic acids is 2. The third kappa shape index (κ3) is 5.67. The maximum Gasteiger partial charge on any atom is 0.161 e. The molecule has 0 amide bonds. The Bertz CT molecular complexity index is 1250. The minimum Gasteiger partial charge on any atom is -0.490 e. The molecule has 0 unspecified atom stereocenters. The average molecular weight is 530 g/mol. The average Bonchev–Trinajstić information content (AvgIpc) is 2.94. The molecule has 6 heteroatoms. The van der Waals surface area contributed by atoms with E-state index in [0.717, 1.165) is 72.3 Å². The summed E-state index contributed by atoms with van der Waals surface area (Å²) in [6.07, 6.45) is 5.29. The number of allylic oxidation sites excluding steroid dienone is 4. The van der Waals surface area contributed by atoms with Gasteiger partial charge in [0, 0.05) is 61.6 Å². The molecule has 0 saturated carbocycles. The van der Waals surface area contributed by atoms with Gasteiger partial charge in [0.15, 0.2) is 23.1 Å². The number of carbonyl (C=O) groups is 2. The van der Waals surface area contributed by atoms with Gasteiger partial charge in [-0.2, -0.15) is 0 Å². The molecule has 0 bridgehead atoms. The van der Waals surface area contributed by atoms with Gasteiger partial charge in [0.25, 0.3) is 0 Å². The number of rotatable bonds is 10. The van der Waals surface area contributed by atoms with Crippen molar-refractivity contribution in [1.82, 2.24) is 4.90 Å². The van der Waals surface area contributed by atoms with Crippen LogP contribution in [0.25, 0.3) is 0 Å². The van der Waals surface area contributed by atoms with Crippen molar-refractivity contribution in [1.29, 1.82) is 0 Å². The first-order valence-electron chi connectivity index (χ1n) is 14.3. The molecule has 0 aromatic heterocycles. The zero-order valence-electron chi connectivity index (χ0n) is 23.4. The Hall–Kier alpha value is -3.38. The second-order valence-corrected chi connectivity index (χ2v) is 10.6. The largest absolute Gasteiger partial charge is 0.490 e. The molecular weight excluding hydrogens is 490 g/mol. The van der Waals surface area contributed by atoms with Crippen LogP contribution in [0.4, 0.5) is 0 Å². The highest BCUT2D eigenvalue weighted by Crippen LogP contribution is 2.50. The number of hydrogen-bond donors (Lipinski definition) is 0. The number of ketones is 2. The van der Waals surface area contributed by atoms with Gasteiger partial charge in [-0.25, -0.2) is 0 Å². The number of hydrogen-bond acceptors (Lipinski definition) is 6. The highest BCUT2D eigenvalue weighted by Gasteiger charge is 2.43.